The minimum atomic E-state index is -1.02. The van der Waals surface area contributed by atoms with Gasteiger partial charge in [0.1, 0.15) is 6.04 Å². The van der Waals surface area contributed by atoms with E-state index in [-0.39, 0.29) is 18.2 Å². The Hall–Kier alpha value is -3.64. The summed E-state index contributed by atoms with van der Waals surface area (Å²) in [7, 11) is 0. The first-order chi connectivity index (χ1) is 15.9. The average Bonchev–Trinajstić information content (AvgIpc) is 3.64. The molecule has 2 amide bonds. The van der Waals surface area contributed by atoms with Gasteiger partial charge in [0.25, 0.3) is 11.8 Å². The van der Waals surface area contributed by atoms with Gasteiger partial charge in [-0.1, -0.05) is 48.0 Å². The summed E-state index contributed by atoms with van der Waals surface area (Å²) in [5.74, 6) is -1.33. The van der Waals surface area contributed by atoms with Crippen LogP contribution in [0, 0.1) is 0 Å². The molecule has 1 aliphatic heterocycles. The number of rotatable bonds is 5. The van der Waals surface area contributed by atoms with E-state index < -0.39 is 12.0 Å². The number of nitrogens with zero attached hydrogens (tertiary/aromatic N) is 1. The second-order valence-corrected chi connectivity index (χ2v) is 8.83. The zero-order valence-corrected chi connectivity index (χ0v) is 18.4. The minimum absolute atomic E-state index is 0.274. The summed E-state index contributed by atoms with van der Waals surface area (Å²) in [6.07, 6.45) is 1.89. The van der Waals surface area contributed by atoms with Crippen LogP contribution in [0.15, 0.2) is 66.7 Å². The Morgan fingerprint density at radius 2 is 1.70 bits per heavy atom. The van der Waals surface area contributed by atoms with E-state index >= 15 is 0 Å². The van der Waals surface area contributed by atoms with Crippen molar-refractivity contribution in [2.75, 3.05) is 10.2 Å². The Balaban J connectivity index is 1.70. The van der Waals surface area contributed by atoms with Crippen molar-refractivity contribution in [3.05, 3.63) is 94.0 Å². The van der Waals surface area contributed by atoms with Crippen LogP contribution in [0.2, 0.25) is 5.02 Å². The van der Waals surface area contributed by atoms with Gasteiger partial charge in [-0.15, -0.1) is 0 Å². The van der Waals surface area contributed by atoms with Crippen molar-refractivity contribution in [2.24, 2.45) is 0 Å². The molecule has 1 aliphatic carbocycles. The van der Waals surface area contributed by atoms with E-state index in [0.717, 1.165) is 18.4 Å². The number of hydrogen-bond acceptors (Lipinski definition) is 3. The fourth-order valence-electron chi connectivity index (χ4n) is 4.34. The van der Waals surface area contributed by atoms with E-state index in [2.05, 4.69) is 5.32 Å². The Bertz CT molecular complexity index is 1270. The molecule has 2 N–H and O–H groups in total. The lowest BCUT2D eigenvalue weighted by atomic mass is 10.00. The van der Waals surface area contributed by atoms with E-state index in [9.17, 15) is 19.5 Å². The summed E-state index contributed by atoms with van der Waals surface area (Å²) < 4.78 is 0. The normalized spacial score (nSPS) is 17.8. The molecule has 3 aromatic rings. The molecule has 0 spiro atoms. The number of hydrogen-bond donors (Lipinski definition) is 2. The van der Waals surface area contributed by atoms with Gasteiger partial charge in [0.05, 0.1) is 17.7 Å². The number of benzene rings is 3. The second kappa shape index (κ2) is 8.37. The molecule has 5 rings (SSSR count). The van der Waals surface area contributed by atoms with Crippen LogP contribution in [0.3, 0.4) is 0 Å². The summed E-state index contributed by atoms with van der Waals surface area (Å²) in [5.41, 5.74) is 3.34. The molecule has 0 bridgehead atoms. The lowest BCUT2D eigenvalue weighted by Gasteiger charge is -2.30. The molecule has 166 valence electrons. The number of carboxylic acid groups (broad SMARTS) is 1. The zero-order chi connectivity index (χ0) is 23.1. The molecule has 2 aliphatic rings. The van der Waals surface area contributed by atoms with Gasteiger partial charge >= 0.3 is 5.97 Å². The molecule has 1 saturated carbocycles. The van der Waals surface area contributed by atoms with Crippen molar-refractivity contribution >= 4 is 40.8 Å². The number of fused-ring (bicyclic) bond motifs is 1. The maximum atomic E-state index is 14.0. The molecule has 3 aromatic carbocycles. The molecule has 0 saturated heterocycles. The van der Waals surface area contributed by atoms with Gasteiger partial charge in [-0.25, -0.2) is 0 Å². The zero-order valence-electron chi connectivity index (χ0n) is 17.6. The number of halogens is 1. The molecule has 7 heteroatoms. The molecule has 1 atom stereocenters. The van der Waals surface area contributed by atoms with Crippen molar-refractivity contribution < 1.29 is 19.5 Å². The van der Waals surface area contributed by atoms with Crippen LogP contribution in [0.4, 0.5) is 11.4 Å². The standard InChI is InChI=1S/C26H21ClN2O4/c27-19-10-7-16(8-11-19)24-25(32)28-21-12-9-17(15-5-6-15)13-20(21)26(33)29(24)22-4-2-1-3-18(22)14-23(30)31/h1-4,7-13,15,24H,5-6,14H2,(H,28,32)(H,30,31). The van der Waals surface area contributed by atoms with Gasteiger partial charge in [0.2, 0.25) is 0 Å². The third-order valence-corrected chi connectivity index (χ3v) is 6.34. The van der Waals surface area contributed by atoms with Crippen LogP contribution in [-0.4, -0.2) is 22.9 Å². The van der Waals surface area contributed by atoms with E-state index in [1.54, 1.807) is 54.6 Å². The highest BCUT2D eigenvalue weighted by atomic mass is 35.5. The highest BCUT2D eigenvalue weighted by Gasteiger charge is 2.39. The van der Waals surface area contributed by atoms with Gasteiger partial charge in [-0.3, -0.25) is 19.3 Å². The van der Waals surface area contributed by atoms with E-state index in [1.165, 1.54) is 4.90 Å². The lowest BCUT2D eigenvalue weighted by Crippen LogP contribution is -2.39. The first-order valence-electron chi connectivity index (χ1n) is 10.8. The van der Waals surface area contributed by atoms with Crippen LogP contribution in [-0.2, 0) is 16.0 Å². The third-order valence-electron chi connectivity index (χ3n) is 6.08. The highest BCUT2D eigenvalue weighted by molar-refractivity contribution is 6.30. The summed E-state index contributed by atoms with van der Waals surface area (Å²) in [5, 5.41) is 12.9. The maximum absolute atomic E-state index is 14.0. The smallest absolute Gasteiger partial charge is 0.307 e. The Morgan fingerprint density at radius 3 is 2.39 bits per heavy atom. The number of carbonyl (C=O) groups is 3. The fraction of sp³-hybridized carbons (Fsp3) is 0.192. The van der Waals surface area contributed by atoms with E-state index in [0.29, 0.717) is 39.0 Å². The van der Waals surface area contributed by atoms with Gasteiger partial charge in [0, 0.05) is 10.7 Å². The van der Waals surface area contributed by atoms with Gasteiger partial charge in [-0.2, -0.15) is 0 Å². The van der Waals surface area contributed by atoms with Crippen molar-refractivity contribution in [3.63, 3.8) is 0 Å². The minimum Gasteiger partial charge on any atom is -0.481 e. The van der Waals surface area contributed by atoms with Crippen LogP contribution in [0.25, 0.3) is 0 Å². The monoisotopic (exact) mass is 460 g/mol. The van der Waals surface area contributed by atoms with Crippen molar-refractivity contribution in [1.29, 1.82) is 0 Å². The Labute approximate surface area is 195 Å². The first-order valence-corrected chi connectivity index (χ1v) is 11.1. The molecule has 1 unspecified atom stereocenters. The molecular weight excluding hydrogens is 440 g/mol. The Morgan fingerprint density at radius 1 is 1.00 bits per heavy atom. The van der Waals surface area contributed by atoms with Crippen molar-refractivity contribution in [1.82, 2.24) is 0 Å². The fourth-order valence-corrected chi connectivity index (χ4v) is 4.46. The summed E-state index contributed by atoms with van der Waals surface area (Å²) in [4.78, 5) is 40.5. The predicted octanol–water partition coefficient (Wildman–Crippen LogP) is 5.18. The molecule has 6 nitrogen and oxygen atoms in total. The molecule has 1 heterocycles. The van der Waals surface area contributed by atoms with Crippen LogP contribution in [0.5, 0.6) is 0 Å². The quantitative estimate of drug-likeness (QED) is 0.549. The van der Waals surface area contributed by atoms with E-state index in [1.807, 2.05) is 12.1 Å². The van der Waals surface area contributed by atoms with Crippen LogP contribution in [0.1, 0.15) is 51.8 Å². The molecule has 0 radical (unpaired) electrons. The van der Waals surface area contributed by atoms with Crippen LogP contribution < -0.4 is 10.2 Å². The number of carboxylic acids is 1. The molecule has 33 heavy (non-hydrogen) atoms. The lowest BCUT2D eigenvalue weighted by molar-refractivity contribution is -0.136. The number of aliphatic carboxylic acids is 1. The van der Waals surface area contributed by atoms with Crippen LogP contribution >= 0.6 is 11.6 Å². The topological polar surface area (TPSA) is 86.7 Å². The number of para-hydroxylation sites is 1. The summed E-state index contributed by atoms with van der Waals surface area (Å²) in [6.45, 7) is 0. The van der Waals surface area contributed by atoms with Gasteiger partial charge in [-0.05, 0) is 65.8 Å². The van der Waals surface area contributed by atoms with Gasteiger partial charge < -0.3 is 10.4 Å². The number of anilines is 2. The number of carbonyl (C=O) groups excluding carboxylic acids is 2. The average molecular weight is 461 g/mol. The largest absolute Gasteiger partial charge is 0.481 e. The molecular formula is C26H21ClN2O4. The first kappa shape index (κ1) is 21.2. The highest BCUT2D eigenvalue weighted by Crippen LogP contribution is 2.43. The Kier molecular flexibility index (Phi) is 5.38. The molecule has 0 aromatic heterocycles. The van der Waals surface area contributed by atoms with Gasteiger partial charge in [0.15, 0.2) is 0 Å². The van der Waals surface area contributed by atoms with E-state index in [4.69, 9.17) is 11.6 Å². The summed E-state index contributed by atoms with van der Waals surface area (Å²) in [6, 6.07) is 18.1. The second-order valence-electron chi connectivity index (χ2n) is 8.40. The molecule has 1 fully saturated rings. The predicted molar refractivity (Wildman–Crippen MR) is 126 cm³/mol. The number of nitrogens with one attached hydrogen (secondary N) is 1. The third kappa shape index (κ3) is 4.10. The van der Waals surface area contributed by atoms with Crippen molar-refractivity contribution in [3.8, 4) is 0 Å². The number of amides is 2. The SMILES string of the molecule is O=C(O)Cc1ccccc1N1C(=O)c2cc(C3CC3)ccc2NC(=O)C1c1ccc(Cl)cc1. The maximum Gasteiger partial charge on any atom is 0.307 e. The van der Waals surface area contributed by atoms with Crippen molar-refractivity contribution in [2.45, 2.75) is 31.2 Å². The summed E-state index contributed by atoms with van der Waals surface area (Å²) >= 11 is 6.06.